The van der Waals surface area contributed by atoms with Crippen molar-refractivity contribution in [3.63, 3.8) is 0 Å². The first kappa shape index (κ1) is 15.0. The number of hydrogen-bond donors (Lipinski definition) is 2. The van der Waals surface area contributed by atoms with Crippen molar-refractivity contribution in [3.05, 3.63) is 18.0 Å². The van der Waals surface area contributed by atoms with Gasteiger partial charge in [-0.15, -0.1) is 0 Å². The minimum atomic E-state index is -0.589. The number of rotatable bonds is 6. The smallest absolute Gasteiger partial charge is 0.355 e. The number of aryl methyl sites for hydroxylation is 1. The van der Waals surface area contributed by atoms with E-state index in [1.807, 2.05) is 0 Å². The quantitative estimate of drug-likeness (QED) is 0.704. The number of nitrogens with zero attached hydrogens (tertiary/aromatic N) is 1. The van der Waals surface area contributed by atoms with Gasteiger partial charge in [-0.1, -0.05) is 0 Å². The average Bonchev–Trinajstić information content (AvgIpc) is 2.65. The molecule has 1 aromatic heterocycles. The Bertz CT molecular complexity index is 456. The summed E-state index contributed by atoms with van der Waals surface area (Å²) in [6.45, 7) is 1.85. The molecule has 1 aromatic rings. The molecule has 7 heteroatoms. The van der Waals surface area contributed by atoms with Gasteiger partial charge >= 0.3 is 5.97 Å². The molecule has 1 rings (SSSR count). The maximum absolute atomic E-state index is 11.7. The molecule has 0 aliphatic carbocycles. The van der Waals surface area contributed by atoms with Crippen LogP contribution < -0.4 is 11.1 Å². The summed E-state index contributed by atoms with van der Waals surface area (Å²) in [5, 5.41) is 2.63. The summed E-state index contributed by atoms with van der Waals surface area (Å²) in [4.78, 5) is 23.2. The second kappa shape index (κ2) is 6.79. The van der Waals surface area contributed by atoms with Gasteiger partial charge in [0.1, 0.15) is 5.69 Å². The van der Waals surface area contributed by atoms with E-state index < -0.39 is 5.97 Å². The van der Waals surface area contributed by atoms with E-state index in [9.17, 15) is 9.59 Å². The van der Waals surface area contributed by atoms with E-state index >= 15 is 0 Å². The number of anilines is 1. The summed E-state index contributed by atoms with van der Waals surface area (Å²) >= 11 is 0. The zero-order valence-corrected chi connectivity index (χ0v) is 11.3. The topological polar surface area (TPSA) is 95.6 Å². The highest BCUT2D eigenvalue weighted by atomic mass is 16.5. The number of carbonyl (C=O) groups is 2. The number of aromatic nitrogens is 1. The molecule has 0 fully saturated rings. The molecule has 0 saturated heterocycles. The molecule has 7 nitrogen and oxygen atoms in total. The van der Waals surface area contributed by atoms with Crippen LogP contribution in [0.2, 0.25) is 0 Å². The van der Waals surface area contributed by atoms with Crippen molar-refractivity contribution in [1.29, 1.82) is 0 Å². The molecule has 1 atom stereocenters. The summed E-state index contributed by atoms with van der Waals surface area (Å²) < 4.78 is 11.3. The fraction of sp³-hybridized carbons (Fsp3) is 0.500. The van der Waals surface area contributed by atoms with Crippen LogP contribution in [0.1, 0.15) is 17.4 Å². The number of ether oxygens (including phenoxy) is 2. The van der Waals surface area contributed by atoms with E-state index in [1.54, 1.807) is 31.8 Å². The average molecular weight is 269 g/mol. The highest BCUT2D eigenvalue weighted by Crippen LogP contribution is 2.09. The van der Waals surface area contributed by atoms with Crippen LogP contribution in [0, 0.1) is 0 Å². The van der Waals surface area contributed by atoms with Crippen molar-refractivity contribution >= 4 is 17.6 Å². The Labute approximate surface area is 111 Å². The van der Waals surface area contributed by atoms with Crippen molar-refractivity contribution in [2.75, 3.05) is 26.1 Å². The first-order valence-electron chi connectivity index (χ1n) is 5.81. The Hall–Kier alpha value is -2.02. The van der Waals surface area contributed by atoms with Gasteiger partial charge in [-0.25, -0.2) is 4.79 Å². The van der Waals surface area contributed by atoms with Crippen molar-refractivity contribution in [2.45, 2.75) is 13.0 Å². The number of hydrogen-bond acceptors (Lipinski definition) is 5. The molecule has 0 radical (unpaired) electrons. The molecule has 3 N–H and O–H groups in total. The Morgan fingerprint density at radius 1 is 1.53 bits per heavy atom. The minimum absolute atomic E-state index is 0.137. The van der Waals surface area contributed by atoms with Crippen molar-refractivity contribution in [3.8, 4) is 0 Å². The minimum Gasteiger partial charge on any atom is -0.451 e. The summed E-state index contributed by atoms with van der Waals surface area (Å²) in [6.07, 6.45) is 1.59. The summed E-state index contributed by atoms with van der Waals surface area (Å²) in [5.74, 6) is -0.964. The van der Waals surface area contributed by atoms with Crippen LogP contribution in [-0.2, 0) is 21.3 Å². The molecule has 0 spiro atoms. The van der Waals surface area contributed by atoms with Gasteiger partial charge in [-0.05, 0) is 13.0 Å². The Morgan fingerprint density at radius 3 is 2.74 bits per heavy atom. The number of nitrogens with two attached hydrogens (primary N) is 1. The summed E-state index contributed by atoms with van der Waals surface area (Å²) in [6, 6.07) is 1.36. The first-order chi connectivity index (χ1) is 8.93. The van der Waals surface area contributed by atoms with Crippen LogP contribution in [0.15, 0.2) is 12.3 Å². The lowest BCUT2D eigenvalue weighted by Gasteiger charge is -2.12. The SMILES string of the molecule is COCC(C)NC(=O)COC(=O)c1cc(N)cn1C. The van der Waals surface area contributed by atoms with Gasteiger partial charge in [-0.2, -0.15) is 0 Å². The fourth-order valence-electron chi connectivity index (χ4n) is 1.61. The van der Waals surface area contributed by atoms with Crippen molar-refractivity contribution in [1.82, 2.24) is 9.88 Å². The van der Waals surface area contributed by atoms with E-state index in [-0.39, 0.29) is 18.6 Å². The van der Waals surface area contributed by atoms with Crippen molar-refractivity contribution in [2.24, 2.45) is 7.05 Å². The number of amides is 1. The molecular formula is C12H19N3O4. The van der Waals surface area contributed by atoms with Crippen LogP contribution in [0.4, 0.5) is 5.69 Å². The third-order valence-corrected chi connectivity index (χ3v) is 2.39. The molecule has 0 aliphatic heterocycles. The normalized spacial score (nSPS) is 11.9. The Morgan fingerprint density at radius 2 is 2.21 bits per heavy atom. The summed E-state index contributed by atoms with van der Waals surface area (Å²) in [7, 11) is 3.22. The van der Waals surface area contributed by atoms with E-state index in [0.29, 0.717) is 18.0 Å². The monoisotopic (exact) mass is 269 g/mol. The molecule has 0 bridgehead atoms. The third-order valence-electron chi connectivity index (χ3n) is 2.39. The van der Waals surface area contributed by atoms with E-state index in [4.69, 9.17) is 15.2 Å². The second-order valence-electron chi connectivity index (χ2n) is 4.27. The van der Waals surface area contributed by atoms with Crippen molar-refractivity contribution < 1.29 is 19.1 Å². The number of methoxy groups -OCH3 is 1. The predicted octanol–water partition coefficient (Wildman–Crippen LogP) is -0.0848. The van der Waals surface area contributed by atoms with E-state index in [0.717, 1.165) is 0 Å². The molecule has 106 valence electrons. The third kappa shape index (κ3) is 4.63. The second-order valence-corrected chi connectivity index (χ2v) is 4.27. The zero-order chi connectivity index (χ0) is 14.4. The van der Waals surface area contributed by atoms with Crippen LogP contribution in [0.25, 0.3) is 0 Å². The fourth-order valence-corrected chi connectivity index (χ4v) is 1.61. The van der Waals surface area contributed by atoms with Gasteiger partial charge in [0.15, 0.2) is 6.61 Å². The van der Waals surface area contributed by atoms with Crippen LogP contribution in [0.5, 0.6) is 0 Å². The molecule has 1 amide bonds. The Kier molecular flexibility index (Phi) is 5.37. The highest BCUT2D eigenvalue weighted by molar-refractivity contribution is 5.91. The molecule has 1 unspecified atom stereocenters. The maximum atomic E-state index is 11.7. The lowest BCUT2D eigenvalue weighted by Crippen LogP contribution is -2.38. The first-order valence-corrected chi connectivity index (χ1v) is 5.81. The zero-order valence-electron chi connectivity index (χ0n) is 11.3. The number of nitrogens with one attached hydrogen (secondary N) is 1. The van der Waals surface area contributed by atoms with Gasteiger partial charge in [0.05, 0.1) is 12.3 Å². The van der Waals surface area contributed by atoms with Crippen LogP contribution in [0.3, 0.4) is 0 Å². The highest BCUT2D eigenvalue weighted by Gasteiger charge is 2.15. The lowest BCUT2D eigenvalue weighted by molar-refractivity contribution is -0.125. The van der Waals surface area contributed by atoms with Gasteiger partial charge in [0.2, 0.25) is 0 Å². The van der Waals surface area contributed by atoms with E-state index in [2.05, 4.69) is 5.32 Å². The number of carbonyl (C=O) groups excluding carboxylic acids is 2. The molecular weight excluding hydrogens is 250 g/mol. The molecule has 0 aliphatic rings. The Balaban J connectivity index is 2.42. The molecule has 0 saturated carbocycles. The predicted molar refractivity (Wildman–Crippen MR) is 69.6 cm³/mol. The van der Waals surface area contributed by atoms with Gasteiger partial charge < -0.3 is 25.1 Å². The van der Waals surface area contributed by atoms with Crippen LogP contribution in [-0.4, -0.2) is 42.8 Å². The van der Waals surface area contributed by atoms with Crippen LogP contribution >= 0.6 is 0 Å². The number of nitrogen functional groups attached to an aromatic ring is 1. The maximum Gasteiger partial charge on any atom is 0.355 e. The van der Waals surface area contributed by atoms with E-state index in [1.165, 1.54) is 6.07 Å². The molecule has 1 heterocycles. The van der Waals surface area contributed by atoms with Gasteiger partial charge in [0, 0.05) is 26.4 Å². The number of esters is 1. The van der Waals surface area contributed by atoms with Gasteiger partial charge in [-0.3, -0.25) is 4.79 Å². The van der Waals surface area contributed by atoms with Gasteiger partial charge in [0.25, 0.3) is 5.91 Å². The lowest BCUT2D eigenvalue weighted by atomic mass is 10.3. The summed E-state index contributed by atoms with van der Waals surface area (Å²) in [5.41, 5.74) is 6.32. The molecule has 19 heavy (non-hydrogen) atoms. The largest absolute Gasteiger partial charge is 0.451 e. The standard InChI is InChI=1S/C12H19N3O4/c1-8(6-18-3)14-11(16)7-19-12(17)10-4-9(13)5-15(10)2/h4-5,8H,6-7,13H2,1-3H3,(H,14,16). The molecule has 0 aromatic carbocycles.